The summed E-state index contributed by atoms with van der Waals surface area (Å²) in [7, 11) is -3.57. The molecule has 1 N–H and O–H groups in total. The number of ether oxygens (including phenoxy) is 1. The Balaban J connectivity index is 1.37. The van der Waals surface area contributed by atoms with Crippen molar-refractivity contribution >= 4 is 33.4 Å². The summed E-state index contributed by atoms with van der Waals surface area (Å²) in [5, 5.41) is 11.1. The molecule has 0 spiro atoms. The smallest absolute Gasteiger partial charge is 0.277 e. The number of carbonyl (C=O) groups excluding carboxylic acids is 1. The normalized spacial score (nSPS) is 14.8. The molecule has 0 saturated carbocycles. The lowest BCUT2D eigenvalue weighted by atomic mass is 10.1. The lowest BCUT2D eigenvalue weighted by molar-refractivity contribution is -0.113. The fraction of sp³-hybridized carbons (Fsp3) is 0.318. The van der Waals surface area contributed by atoms with Crippen LogP contribution in [-0.2, 0) is 19.6 Å². The Kier molecular flexibility index (Phi) is 7.13. The predicted octanol–water partition coefficient (Wildman–Crippen LogP) is 3.11. The van der Waals surface area contributed by atoms with Gasteiger partial charge in [0.25, 0.3) is 5.22 Å². The van der Waals surface area contributed by atoms with E-state index in [1.807, 2.05) is 32.0 Å². The average molecular weight is 489 g/mol. The third kappa shape index (κ3) is 5.44. The summed E-state index contributed by atoms with van der Waals surface area (Å²) in [6, 6.07) is 12.0. The van der Waals surface area contributed by atoms with Gasteiger partial charge in [0.1, 0.15) is 0 Å². The highest BCUT2D eigenvalue weighted by Crippen LogP contribution is 2.26. The minimum Gasteiger partial charge on any atom is -0.411 e. The van der Waals surface area contributed by atoms with E-state index in [1.54, 1.807) is 12.1 Å². The van der Waals surface area contributed by atoms with Gasteiger partial charge in [-0.05, 0) is 55.3 Å². The van der Waals surface area contributed by atoms with Gasteiger partial charge in [0, 0.05) is 24.3 Å². The monoisotopic (exact) mass is 488 g/mol. The minimum absolute atomic E-state index is 0.117. The molecule has 2 heterocycles. The molecular formula is C22H24N4O5S2. The number of benzene rings is 2. The second kappa shape index (κ2) is 10.0. The van der Waals surface area contributed by atoms with Crippen LogP contribution >= 0.6 is 11.8 Å². The Morgan fingerprint density at radius 3 is 2.55 bits per heavy atom. The van der Waals surface area contributed by atoms with E-state index >= 15 is 0 Å². The van der Waals surface area contributed by atoms with Crippen molar-refractivity contribution in [3.05, 3.63) is 53.6 Å². The van der Waals surface area contributed by atoms with E-state index in [1.165, 1.54) is 16.4 Å². The SMILES string of the molecule is Cc1cccc(NC(=O)CSc2nnc(-c3ccc(S(=O)(=O)N4CCOCC4)cc3)o2)c1C. The van der Waals surface area contributed by atoms with Crippen molar-refractivity contribution in [2.75, 3.05) is 37.4 Å². The Morgan fingerprint density at radius 2 is 1.82 bits per heavy atom. The zero-order valence-electron chi connectivity index (χ0n) is 18.3. The predicted molar refractivity (Wildman–Crippen MR) is 125 cm³/mol. The largest absolute Gasteiger partial charge is 0.411 e. The number of hydrogen-bond acceptors (Lipinski definition) is 8. The van der Waals surface area contributed by atoms with Crippen molar-refractivity contribution < 1.29 is 22.4 Å². The number of rotatable bonds is 7. The number of hydrogen-bond donors (Lipinski definition) is 1. The zero-order chi connectivity index (χ0) is 23.4. The van der Waals surface area contributed by atoms with Crippen LogP contribution in [0.1, 0.15) is 11.1 Å². The number of anilines is 1. The first-order valence-electron chi connectivity index (χ1n) is 10.4. The number of aryl methyl sites for hydroxylation is 1. The van der Waals surface area contributed by atoms with Crippen LogP contribution in [0, 0.1) is 13.8 Å². The summed E-state index contributed by atoms with van der Waals surface area (Å²) in [5.41, 5.74) is 3.50. The molecule has 174 valence electrons. The van der Waals surface area contributed by atoms with Crippen molar-refractivity contribution in [1.82, 2.24) is 14.5 Å². The van der Waals surface area contributed by atoms with Gasteiger partial charge in [0.15, 0.2) is 0 Å². The van der Waals surface area contributed by atoms with Gasteiger partial charge >= 0.3 is 0 Å². The van der Waals surface area contributed by atoms with Crippen LogP contribution in [0.25, 0.3) is 11.5 Å². The van der Waals surface area contributed by atoms with Gasteiger partial charge in [-0.1, -0.05) is 23.9 Å². The van der Waals surface area contributed by atoms with Crippen LogP contribution in [-0.4, -0.2) is 60.9 Å². The number of nitrogens with zero attached hydrogens (tertiary/aromatic N) is 3. The summed E-state index contributed by atoms with van der Waals surface area (Å²) in [5.74, 6) is 0.194. The summed E-state index contributed by atoms with van der Waals surface area (Å²) >= 11 is 1.13. The van der Waals surface area contributed by atoms with Crippen LogP contribution in [0.2, 0.25) is 0 Å². The number of sulfonamides is 1. The van der Waals surface area contributed by atoms with E-state index in [0.29, 0.717) is 31.9 Å². The fourth-order valence-corrected chi connectivity index (χ4v) is 5.26. The summed E-state index contributed by atoms with van der Waals surface area (Å²) in [6.45, 7) is 5.41. The maximum Gasteiger partial charge on any atom is 0.277 e. The Morgan fingerprint density at radius 1 is 1.09 bits per heavy atom. The van der Waals surface area contributed by atoms with E-state index in [-0.39, 0.29) is 27.7 Å². The molecular weight excluding hydrogens is 464 g/mol. The number of morpholine rings is 1. The van der Waals surface area contributed by atoms with E-state index in [0.717, 1.165) is 28.6 Å². The highest BCUT2D eigenvalue weighted by Gasteiger charge is 2.26. The zero-order valence-corrected chi connectivity index (χ0v) is 19.9. The standard InChI is InChI=1S/C22H24N4O5S2/c1-15-4-3-5-19(16(15)2)23-20(27)14-32-22-25-24-21(31-22)17-6-8-18(9-7-17)33(28,29)26-10-12-30-13-11-26/h3-9H,10-14H2,1-2H3,(H,23,27). The second-order valence-corrected chi connectivity index (χ2v) is 10.4. The third-order valence-electron chi connectivity index (χ3n) is 5.32. The number of amides is 1. The van der Waals surface area contributed by atoms with E-state index in [4.69, 9.17) is 9.15 Å². The molecule has 0 bridgehead atoms. The molecule has 0 aliphatic carbocycles. The van der Waals surface area contributed by atoms with Gasteiger partial charge in [-0.2, -0.15) is 4.31 Å². The molecule has 2 aromatic carbocycles. The van der Waals surface area contributed by atoms with Crippen molar-refractivity contribution in [3.63, 3.8) is 0 Å². The molecule has 1 amide bonds. The first-order valence-corrected chi connectivity index (χ1v) is 12.8. The number of carbonyl (C=O) groups is 1. The molecule has 1 fully saturated rings. The van der Waals surface area contributed by atoms with E-state index in [2.05, 4.69) is 15.5 Å². The molecule has 1 aliphatic rings. The molecule has 0 radical (unpaired) electrons. The van der Waals surface area contributed by atoms with Crippen LogP contribution in [0.4, 0.5) is 5.69 Å². The summed E-state index contributed by atoms with van der Waals surface area (Å²) in [6.07, 6.45) is 0. The van der Waals surface area contributed by atoms with Gasteiger partial charge < -0.3 is 14.5 Å². The topological polar surface area (TPSA) is 115 Å². The fourth-order valence-electron chi connectivity index (χ4n) is 3.29. The van der Waals surface area contributed by atoms with Crippen molar-refractivity contribution in [2.24, 2.45) is 0 Å². The van der Waals surface area contributed by atoms with Gasteiger partial charge in [-0.3, -0.25) is 4.79 Å². The van der Waals surface area contributed by atoms with Crippen LogP contribution in [0.5, 0.6) is 0 Å². The quantitative estimate of drug-likeness (QED) is 0.505. The average Bonchev–Trinajstić information content (AvgIpc) is 3.30. The molecule has 9 nitrogen and oxygen atoms in total. The Labute approximate surface area is 196 Å². The number of aromatic nitrogens is 2. The van der Waals surface area contributed by atoms with Crippen LogP contribution in [0.15, 0.2) is 57.0 Å². The lowest BCUT2D eigenvalue weighted by Crippen LogP contribution is -2.40. The van der Waals surface area contributed by atoms with Crippen molar-refractivity contribution in [3.8, 4) is 11.5 Å². The summed E-state index contributed by atoms with van der Waals surface area (Å²) in [4.78, 5) is 12.5. The first kappa shape index (κ1) is 23.4. The summed E-state index contributed by atoms with van der Waals surface area (Å²) < 4.78 is 37.7. The number of thioether (sulfide) groups is 1. The molecule has 1 aliphatic heterocycles. The van der Waals surface area contributed by atoms with Gasteiger partial charge in [-0.15, -0.1) is 10.2 Å². The second-order valence-electron chi connectivity index (χ2n) is 7.50. The highest BCUT2D eigenvalue weighted by molar-refractivity contribution is 7.99. The first-order chi connectivity index (χ1) is 15.8. The molecule has 0 atom stereocenters. The van der Waals surface area contributed by atoms with E-state index < -0.39 is 10.0 Å². The third-order valence-corrected chi connectivity index (χ3v) is 8.05. The number of nitrogens with one attached hydrogen (secondary N) is 1. The minimum atomic E-state index is -3.57. The molecule has 11 heteroatoms. The van der Waals surface area contributed by atoms with Gasteiger partial charge in [-0.25, -0.2) is 8.42 Å². The molecule has 0 unspecified atom stereocenters. The van der Waals surface area contributed by atoms with Crippen molar-refractivity contribution in [2.45, 2.75) is 24.0 Å². The highest BCUT2D eigenvalue weighted by atomic mass is 32.2. The van der Waals surface area contributed by atoms with Crippen LogP contribution in [0.3, 0.4) is 0 Å². The van der Waals surface area contributed by atoms with Crippen LogP contribution < -0.4 is 5.32 Å². The Hall–Kier alpha value is -2.73. The maximum absolute atomic E-state index is 12.7. The maximum atomic E-state index is 12.7. The van der Waals surface area contributed by atoms with Crippen molar-refractivity contribution in [1.29, 1.82) is 0 Å². The van der Waals surface area contributed by atoms with E-state index in [9.17, 15) is 13.2 Å². The Bertz CT molecular complexity index is 1240. The van der Waals surface area contributed by atoms with Gasteiger partial charge in [0.05, 0.1) is 23.9 Å². The molecule has 1 saturated heterocycles. The molecule has 4 rings (SSSR count). The lowest BCUT2D eigenvalue weighted by Gasteiger charge is -2.26. The van der Waals surface area contributed by atoms with Gasteiger partial charge in [0.2, 0.25) is 21.8 Å². The molecule has 1 aromatic heterocycles. The molecule has 3 aromatic rings. The molecule has 33 heavy (non-hydrogen) atoms.